The third-order valence-corrected chi connectivity index (χ3v) is 4.10. The van der Waals surface area contributed by atoms with Gasteiger partial charge in [0.1, 0.15) is 11.4 Å². The summed E-state index contributed by atoms with van der Waals surface area (Å²) in [6.45, 7) is 4.08. The molecule has 0 radical (unpaired) electrons. The van der Waals surface area contributed by atoms with E-state index in [2.05, 4.69) is 5.32 Å². The van der Waals surface area contributed by atoms with Crippen molar-refractivity contribution < 1.29 is 18.8 Å². The van der Waals surface area contributed by atoms with Crippen molar-refractivity contribution in [2.24, 2.45) is 0 Å². The predicted molar refractivity (Wildman–Crippen MR) is 95.9 cm³/mol. The molecule has 26 heavy (non-hydrogen) atoms. The molecule has 1 aliphatic heterocycles. The van der Waals surface area contributed by atoms with Crippen LogP contribution in [0.5, 0.6) is 0 Å². The van der Waals surface area contributed by atoms with Crippen LogP contribution in [0.4, 0.5) is 14.9 Å². The molecule has 6 heteroatoms. The first kappa shape index (κ1) is 17.5. The topological polar surface area (TPSA) is 66.5 Å². The Morgan fingerprint density at radius 1 is 0.962 bits per heavy atom. The van der Waals surface area contributed by atoms with Crippen molar-refractivity contribution in [1.82, 2.24) is 5.32 Å². The minimum atomic E-state index is -0.798. The summed E-state index contributed by atoms with van der Waals surface area (Å²) in [4.78, 5) is 37.9. The number of halogens is 1. The monoisotopic (exact) mass is 352 g/mol. The number of nitrogens with zero attached hydrogens (tertiary/aromatic N) is 1. The van der Waals surface area contributed by atoms with Gasteiger partial charge in [-0.15, -0.1) is 0 Å². The molecule has 0 bridgehead atoms. The first-order valence-electron chi connectivity index (χ1n) is 8.14. The zero-order chi connectivity index (χ0) is 18.8. The number of carbonyl (C=O) groups excluding carboxylic acids is 3. The number of imide groups is 2. The van der Waals surface area contributed by atoms with Gasteiger partial charge in [-0.1, -0.05) is 38.1 Å². The maximum atomic E-state index is 13.0. The molecular weight excluding hydrogens is 335 g/mol. The van der Waals surface area contributed by atoms with Gasteiger partial charge in [-0.05, 0) is 47.4 Å². The highest BCUT2D eigenvalue weighted by atomic mass is 19.1. The van der Waals surface area contributed by atoms with Gasteiger partial charge in [0, 0.05) is 0 Å². The average molecular weight is 352 g/mol. The van der Waals surface area contributed by atoms with E-state index in [0.717, 1.165) is 10.5 Å². The third kappa shape index (κ3) is 3.39. The van der Waals surface area contributed by atoms with Crippen LogP contribution in [0, 0.1) is 5.82 Å². The molecule has 1 aliphatic rings. The van der Waals surface area contributed by atoms with Crippen LogP contribution in [0.15, 0.2) is 54.1 Å². The summed E-state index contributed by atoms with van der Waals surface area (Å²) in [6.07, 6.45) is 1.33. The van der Waals surface area contributed by atoms with Gasteiger partial charge < -0.3 is 0 Å². The van der Waals surface area contributed by atoms with Gasteiger partial charge in [0.25, 0.3) is 11.8 Å². The summed E-state index contributed by atoms with van der Waals surface area (Å²) in [5.41, 5.74) is 1.73. The highest BCUT2D eigenvalue weighted by Crippen LogP contribution is 2.24. The Hall–Kier alpha value is -3.28. The minimum Gasteiger partial charge on any atom is -0.273 e. The molecule has 4 amide bonds. The van der Waals surface area contributed by atoms with E-state index in [0.29, 0.717) is 17.2 Å². The number of rotatable bonds is 3. The molecule has 1 fully saturated rings. The van der Waals surface area contributed by atoms with Crippen LogP contribution in [0.2, 0.25) is 0 Å². The molecule has 0 unspecified atom stereocenters. The predicted octanol–water partition coefficient (Wildman–Crippen LogP) is 3.62. The fourth-order valence-electron chi connectivity index (χ4n) is 2.63. The largest absolute Gasteiger partial charge is 0.335 e. The molecule has 132 valence electrons. The summed E-state index contributed by atoms with van der Waals surface area (Å²) in [5, 5.41) is 2.16. The standard InChI is InChI=1S/C20H17FN2O3/c1-12(2)14-5-9-16(10-6-14)23-19(25)17(18(24)22-20(23)26)11-13-3-7-15(21)8-4-13/h3-12H,1-2H3,(H,22,24,26)/b17-11-. The van der Waals surface area contributed by atoms with Crippen molar-refractivity contribution in [3.8, 4) is 0 Å². The molecule has 1 N–H and O–H groups in total. The Morgan fingerprint density at radius 3 is 2.15 bits per heavy atom. The average Bonchev–Trinajstić information content (AvgIpc) is 2.60. The van der Waals surface area contributed by atoms with Crippen molar-refractivity contribution in [2.75, 3.05) is 4.90 Å². The number of urea groups is 1. The van der Waals surface area contributed by atoms with E-state index in [1.54, 1.807) is 12.1 Å². The molecule has 0 aromatic heterocycles. The van der Waals surface area contributed by atoms with E-state index in [1.165, 1.54) is 30.3 Å². The number of barbiturate groups is 1. The van der Waals surface area contributed by atoms with Crippen molar-refractivity contribution in [2.45, 2.75) is 19.8 Å². The first-order chi connectivity index (χ1) is 12.4. The lowest BCUT2D eigenvalue weighted by atomic mass is 10.0. The zero-order valence-electron chi connectivity index (χ0n) is 14.3. The number of hydrogen-bond acceptors (Lipinski definition) is 3. The molecule has 3 rings (SSSR count). The van der Waals surface area contributed by atoms with Crippen LogP contribution in [-0.4, -0.2) is 17.8 Å². The maximum Gasteiger partial charge on any atom is 0.335 e. The fraction of sp³-hybridized carbons (Fsp3) is 0.150. The van der Waals surface area contributed by atoms with E-state index in [4.69, 9.17) is 0 Å². The second kappa shape index (κ2) is 6.92. The van der Waals surface area contributed by atoms with Crippen molar-refractivity contribution >= 4 is 29.6 Å². The lowest BCUT2D eigenvalue weighted by Crippen LogP contribution is -2.54. The number of amides is 4. The van der Waals surface area contributed by atoms with E-state index in [1.807, 2.05) is 26.0 Å². The van der Waals surface area contributed by atoms with Gasteiger partial charge in [0.2, 0.25) is 0 Å². The van der Waals surface area contributed by atoms with E-state index in [9.17, 15) is 18.8 Å². The van der Waals surface area contributed by atoms with Gasteiger partial charge in [-0.3, -0.25) is 14.9 Å². The Kier molecular flexibility index (Phi) is 4.67. The number of benzene rings is 2. The number of carbonyl (C=O) groups is 3. The third-order valence-electron chi connectivity index (χ3n) is 4.10. The van der Waals surface area contributed by atoms with Gasteiger partial charge in [0.05, 0.1) is 5.69 Å². The number of anilines is 1. The molecule has 0 atom stereocenters. The summed E-state index contributed by atoms with van der Waals surface area (Å²) >= 11 is 0. The van der Waals surface area contributed by atoms with Crippen molar-refractivity contribution in [3.05, 3.63) is 71.0 Å². The van der Waals surface area contributed by atoms with Crippen molar-refractivity contribution in [3.63, 3.8) is 0 Å². The lowest BCUT2D eigenvalue weighted by molar-refractivity contribution is -0.122. The van der Waals surface area contributed by atoms with Gasteiger partial charge >= 0.3 is 6.03 Å². The normalized spacial score (nSPS) is 16.4. The quantitative estimate of drug-likeness (QED) is 0.678. The molecule has 5 nitrogen and oxygen atoms in total. The molecule has 0 spiro atoms. The molecule has 1 heterocycles. The SMILES string of the molecule is CC(C)c1ccc(N2C(=O)NC(=O)/C(=C/c3ccc(F)cc3)C2=O)cc1. The van der Waals surface area contributed by atoms with Crippen LogP contribution in [0.25, 0.3) is 6.08 Å². The smallest absolute Gasteiger partial charge is 0.273 e. The fourth-order valence-corrected chi connectivity index (χ4v) is 2.63. The summed E-state index contributed by atoms with van der Waals surface area (Å²) in [5.74, 6) is -1.61. The Bertz CT molecular complexity index is 900. The first-order valence-corrected chi connectivity index (χ1v) is 8.14. The zero-order valence-corrected chi connectivity index (χ0v) is 14.3. The minimum absolute atomic E-state index is 0.191. The maximum absolute atomic E-state index is 13.0. The molecule has 2 aromatic carbocycles. The molecule has 0 saturated carbocycles. The highest BCUT2D eigenvalue weighted by molar-refractivity contribution is 6.39. The second-order valence-corrected chi connectivity index (χ2v) is 6.26. The number of hydrogen-bond donors (Lipinski definition) is 1. The van der Waals surface area contributed by atoms with E-state index < -0.39 is 23.7 Å². The lowest BCUT2D eigenvalue weighted by Gasteiger charge is -2.26. The molecule has 0 aliphatic carbocycles. The van der Waals surface area contributed by atoms with Gasteiger partial charge in [-0.25, -0.2) is 14.1 Å². The van der Waals surface area contributed by atoms with Crippen LogP contribution in [0.3, 0.4) is 0 Å². The summed E-state index contributed by atoms with van der Waals surface area (Å²) in [7, 11) is 0. The Balaban J connectivity index is 1.96. The Morgan fingerprint density at radius 2 is 1.58 bits per heavy atom. The molecule has 2 aromatic rings. The highest BCUT2D eigenvalue weighted by Gasteiger charge is 2.36. The van der Waals surface area contributed by atoms with Crippen LogP contribution in [0.1, 0.15) is 30.9 Å². The Labute approximate surface area is 150 Å². The van der Waals surface area contributed by atoms with E-state index in [-0.39, 0.29) is 5.57 Å². The molecular formula is C20H17FN2O3. The van der Waals surface area contributed by atoms with Gasteiger partial charge in [0.15, 0.2) is 0 Å². The van der Waals surface area contributed by atoms with Crippen LogP contribution in [-0.2, 0) is 9.59 Å². The van der Waals surface area contributed by atoms with Crippen LogP contribution >= 0.6 is 0 Å². The van der Waals surface area contributed by atoms with E-state index >= 15 is 0 Å². The van der Waals surface area contributed by atoms with Gasteiger partial charge in [-0.2, -0.15) is 0 Å². The number of nitrogens with one attached hydrogen (secondary N) is 1. The van der Waals surface area contributed by atoms with Crippen molar-refractivity contribution in [1.29, 1.82) is 0 Å². The molecule has 1 saturated heterocycles. The summed E-state index contributed by atoms with van der Waals surface area (Å²) in [6, 6.07) is 11.5. The summed E-state index contributed by atoms with van der Waals surface area (Å²) < 4.78 is 13.0. The van der Waals surface area contributed by atoms with Crippen LogP contribution < -0.4 is 10.2 Å². The second-order valence-electron chi connectivity index (χ2n) is 6.26.